The molecule has 0 spiro atoms. The lowest BCUT2D eigenvalue weighted by atomic mass is 10.0. The molecule has 1 unspecified atom stereocenters. The van der Waals surface area contributed by atoms with Crippen molar-refractivity contribution in [3.05, 3.63) is 0 Å². The Hall–Kier alpha value is -1.19. The highest BCUT2D eigenvalue weighted by Crippen LogP contribution is 2.04. The van der Waals surface area contributed by atoms with Crippen LogP contribution in [0.1, 0.15) is 13.3 Å². The molecule has 11 heavy (non-hydrogen) atoms. The molecule has 0 aliphatic rings. The summed E-state index contributed by atoms with van der Waals surface area (Å²) in [5.41, 5.74) is -0.223. The van der Waals surface area contributed by atoms with Gasteiger partial charge in [-0.2, -0.15) is 0 Å². The summed E-state index contributed by atoms with van der Waals surface area (Å²) in [7, 11) is 1.24. The van der Waals surface area contributed by atoms with Crippen LogP contribution in [0.15, 0.2) is 0 Å². The first kappa shape index (κ1) is 9.81. The van der Waals surface area contributed by atoms with Crippen LogP contribution in [-0.4, -0.2) is 25.1 Å². The lowest BCUT2D eigenvalue weighted by Gasteiger charge is -2.08. The van der Waals surface area contributed by atoms with E-state index in [1.807, 2.05) is 0 Å². The summed E-state index contributed by atoms with van der Waals surface area (Å²) in [6.45, 7) is 1.72. The van der Waals surface area contributed by atoms with Crippen LogP contribution in [0.25, 0.3) is 0 Å². The van der Waals surface area contributed by atoms with E-state index in [-0.39, 0.29) is 5.71 Å². The molecular weight excluding hydrogens is 146 g/mol. The summed E-state index contributed by atoms with van der Waals surface area (Å²) >= 11 is 0. The molecule has 62 valence electrons. The lowest BCUT2D eigenvalue weighted by molar-refractivity contribution is -0.143. The first-order valence-corrected chi connectivity index (χ1v) is 3.28. The van der Waals surface area contributed by atoms with Gasteiger partial charge in [0.1, 0.15) is 5.92 Å². The molecule has 0 aromatic carbocycles. The predicted molar refractivity (Wildman–Crippen MR) is 39.6 cm³/mol. The van der Waals surface area contributed by atoms with Crippen molar-refractivity contribution in [2.45, 2.75) is 13.3 Å². The standard InChI is InChI=1S/C7H11NO3/c1-3-5(6(8)4-9)7(10)11-2/h4-5,8H,3H2,1-2H3. The molecule has 0 radical (unpaired) electrons. The fourth-order valence-corrected chi connectivity index (χ4v) is 0.738. The molecule has 4 heteroatoms. The number of methoxy groups -OCH3 is 1. The van der Waals surface area contributed by atoms with E-state index in [0.717, 1.165) is 0 Å². The van der Waals surface area contributed by atoms with Crippen molar-refractivity contribution < 1.29 is 14.3 Å². The van der Waals surface area contributed by atoms with Crippen LogP contribution in [0.3, 0.4) is 0 Å². The average Bonchev–Trinajstić information content (AvgIpc) is 2.05. The normalized spacial score (nSPS) is 11.8. The highest BCUT2D eigenvalue weighted by Gasteiger charge is 2.21. The van der Waals surface area contributed by atoms with Crippen molar-refractivity contribution in [2.75, 3.05) is 7.11 Å². The van der Waals surface area contributed by atoms with Gasteiger partial charge in [-0.3, -0.25) is 9.59 Å². The molecule has 4 nitrogen and oxygen atoms in total. The van der Waals surface area contributed by atoms with Gasteiger partial charge in [-0.15, -0.1) is 0 Å². The number of nitrogens with one attached hydrogen (secondary N) is 1. The van der Waals surface area contributed by atoms with E-state index in [9.17, 15) is 9.59 Å². The van der Waals surface area contributed by atoms with Gasteiger partial charge in [0.05, 0.1) is 12.8 Å². The molecule has 1 N–H and O–H groups in total. The van der Waals surface area contributed by atoms with E-state index in [2.05, 4.69) is 4.74 Å². The van der Waals surface area contributed by atoms with Crippen LogP contribution in [0.4, 0.5) is 0 Å². The quantitative estimate of drug-likeness (QED) is 0.365. The predicted octanol–water partition coefficient (Wildman–Crippen LogP) is 0.404. The largest absolute Gasteiger partial charge is 0.469 e. The molecular formula is C7H11NO3. The van der Waals surface area contributed by atoms with Crippen LogP contribution >= 0.6 is 0 Å². The molecule has 0 heterocycles. The van der Waals surface area contributed by atoms with Crippen LogP contribution < -0.4 is 0 Å². The van der Waals surface area contributed by atoms with Crippen molar-refractivity contribution in [1.29, 1.82) is 5.41 Å². The summed E-state index contributed by atoms with van der Waals surface area (Å²) < 4.78 is 4.39. The average molecular weight is 157 g/mol. The number of rotatable bonds is 4. The smallest absolute Gasteiger partial charge is 0.314 e. The molecule has 0 saturated heterocycles. The summed E-state index contributed by atoms with van der Waals surface area (Å²) in [4.78, 5) is 20.9. The first-order chi connectivity index (χ1) is 5.17. The molecule has 0 aromatic rings. The van der Waals surface area contributed by atoms with Gasteiger partial charge in [0.2, 0.25) is 0 Å². The summed E-state index contributed by atoms with van der Waals surface area (Å²) in [6, 6.07) is 0. The van der Waals surface area contributed by atoms with E-state index < -0.39 is 11.9 Å². The minimum atomic E-state index is -0.697. The number of hydrogen-bond donors (Lipinski definition) is 1. The van der Waals surface area contributed by atoms with Crippen LogP contribution in [-0.2, 0) is 14.3 Å². The maximum atomic E-state index is 10.8. The van der Waals surface area contributed by atoms with Crippen molar-refractivity contribution in [3.8, 4) is 0 Å². The third-order valence-electron chi connectivity index (χ3n) is 1.40. The minimum Gasteiger partial charge on any atom is -0.469 e. The molecule has 0 fully saturated rings. The second-order valence-electron chi connectivity index (χ2n) is 2.06. The van der Waals surface area contributed by atoms with Gasteiger partial charge in [-0.25, -0.2) is 0 Å². The van der Waals surface area contributed by atoms with Crippen LogP contribution in [0.5, 0.6) is 0 Å². The van der Waals surface area contributed by atoms with Gasteiger partial charge in [-0.05, 0) is 6.42 Å². The third-order valence-corrected chi connectivity index (χ3v) is 1.40. The van der Waals surface area contributed by atoms with Gasteiger partial charge >= 0.3 is 5.97 Å². The molecule has 0 rings (SSSR count). The summed E-state index contributed by atoms with van der Waals surface area (Å²) in [5.74, 6) is -1.22. The van der Waals surface area contributed by atoms with Gasteiger partial charge in [-0.1, -0.05) is 6.92 Å². The number of aldehydes is 1. The zero-order chi connectivity index (χ0) is 8.85. The maximum absolute atomic E-state index is 10.8. The van der Waals surface area contributed by atoms with E-state index in [4.69, 9.17) is 5.41 Å². The number of ether oxygens (including phenoxy) is 1. The monoisotopic (exact) mass is 157 g/mol. The fraction of sp³-hybridized carbons (Fsp3) is 0.571. The Morgan fingerprint density at radius 2 is 2.27 bits per heavy atom. The second-order valence-corrected chi connectivity index (χ2v) is 2.06. The summed E-state index contributed by atoms with van der Waals surface area (Å²) in [5, 5.41) is 7.06. The molecule has 0 bridgehead atoms. The molecule has 1 atom stereocenters. The minimum absolute atomic E-state index is 0.223. The first-order valence-electron chi connectivity index (χ1n) is 3.28. The highest BCUT2D eigenvalue weighted by molar-refractivity contribution is 6.32. The van der Waals surface area contributed by atoms with Crippen molar-refractivity contribution >= 4 is 18.0 Å². The zero-order valence-electron chi connectivity index (χ0n) is 6.59. The Morgan fingerprint density at radius 3 is 2.55 bits per heavy atom. The fourth-order valence-electron chi connectivity index (χ4n) is 0.738. The van der Waals surface area contributed by atoms with E-state index in [1.54, 1.807) is 6.92 Å². The topological polar surface area (TPSA) is 67.2 Å². The summed E-state index contributed by atoms with van der Waals surface area (Å²) in [6.07, 6.45) is 0.787. The molecule has 0 aliphatic carbocycles. The Kier molecular flexibility index (Phi) is 4.10. The third kappa shape index (κ3) is 2.49. The van der Waals surface area contributed by atoms with Crippen LogP contribution in [0, 0.1) is 11.3 Å². The van der Waals surface area contributed by atoms with E-state index in [1.165, 1.54) is 7.11 Å². The number of carbonyl (C=O) groups excluding carboxylic acids is 2. The van der Waals surface area contributed by atoms with Crippen molar-refractivity contribution in [3.63, 3.8) is 0 Å². The van der Waals surface area contributed by atoms with Gasteiger partial charge in [0.15, 0.2) is 6.29 Å². The Bertz CT molecular complexity index is 177. The Labute approximate surface area is 65.1 Å². The number of hydrogen-bond acceptors (Lipinski definition) is 4. The number of carbonyl (C=O) groups is 2. The van der Waals surface area contributed by atoms with Gasteiger partial charge < -0.3 is 10.1 Å². The molecule has 0 aromatic heterocycles. The highest BCUT2D eigenvalue weighted by atomic mass is 16.5. The Balaban J connectivity index is 4.27. The molecule has 0 amide bonds. The molecule has 0 saturated carbocycles. The van der Waals surface area contributed by atoms with Crippen molar-refractivity contribution in [1.82, 2.24) is 0 Å². The lowest BCUT2D eigenvalue weighted by Crippen LogP contribution is -2.24. The SMILES string of the molecule is CCC(C(=N)C=O)C(=O)OC. The second kappa shape index (κ2) is 4.60. The Morgan fingerprint density at radius 1 is 1.73 bits per heavy atom. The van der Waals surface area contributed by atoms with Gasteiger partial charge in [0, 0.05) is 0 Å². The zero-order valence-corrected chi connectivity index (χ0v) is 6.59. The number of esters is 1. The maximum Gasteiger partial charge on any atom is 0.314 e. The van der Waals surface area contributed by atoms with E-state index >= 15 is 0 Å². The van der Waals surface area contributed by atoms with Crippen LogP contribution in [0.2, 0.25) is 0 Å². The van der Waals surface area contributed by atoms with Gasteiger partial charge in [0.25, 0.3) is 0 Å². The molecule has 0 aliphatic heterocycles. The van der Waals surface area contributed by atoms with E-state index in [0.29, 0.717) is 12.7 Å². The van der Waals surface area contributed by atoms with Crippen molar-refractivity contribution in [2.24, 2.45) is 5.92 Å².